The van der Waals surface area contributed by atoms with Crippen LogP contribution in [0.2, 0.25) is 0 Å². The molecule has 154 valence electrons. The van der Waals surface area contributed by atoms with Gasteiger partial charge in [0.05, 0.1) is 24.3 Å². The maximum Gasteiger partial charge on any atom is 0.165 e. The predicted octanol–water partition coefficient (Wildman–Crippen LogP) is 4.30. The van der Waals surface area contributed by atoms with Gasteiger partial charge in [0.2, 0.25) is 0 Å². The molecule has 1 aliphatic rings. The lowest BCUT2D eigenvalue weighted by atomic mass is 10.1. The van der Waals surface area contributed by atoms with Crippen LogP contribution in [0.25, 0.3) is 16.6 Å². The van der Waals surface area contributed by atoms with Crippen LogP contribution in [-0.4, -0.2) is 34.7 Å². The van der Waals surface area contributed by atoms with E-state index in [0.29, 0.717) is 12.2 Å². The molecule has 0 N–H and O–H groups in total. The van der Waals surface area contributed by atoms with Gasteiger partial charge in [0.25, 0.3) is 0 Å². The summed E-state index contributed by atoms with van der Waals surface area (Å²) < 4.78 is 13.9. The van der Waals surface area contributed by atoms with Gasteiger partial charge in [-0.05, 0) is 42.0 Å². The lowest BCUT2D eigenvalue weighted by Crippen LogP contribution is -2.25. The van der Waals surface area contributed by atoms with Crippen LogP contribution >= 0.6 is 0 Å². The lowest BCUT2D eigenvalue weighted by Gasteiger charge is -2.20. The van der Waals surface area contributed by atoms with Crippen LogP contribution in [0.15, 0.2) is 67.1 Å². The quantitative estimate of drug-likeness (QED) is 0.502. The summed E-state index contributed by atoms with van der Waals surface area (Å²) in [5.41, 5.74) is 4.97. The fourth-order valence-corrected chi connectivity index (χ4v) is 4.13. The second-order valence-corrected chi connectivity index (χ2v) is 7.63. The molecule has 2 aromatic carbocycles. The Bertz CT molecular complexity index is 1270. The van der Waals surface area contributed by atoms with Gasteiger partial charge >= 0.3 is 0 Å². The van der Waals surface area contributed by atoms with E-state index >= 15 is 0 Å². The maximum absolute atomic E-state index is 9.18. The normalized spacial score (nSPS) is 13.8. The third-order valence-electron chi connectivity index (χ3n) is 5.61. The maximum atomic E-state index is 9.18. The Kier molecular flexibility index (Phi) is 5.03. The van der Waals surface area contributed by atoms with Gasteiger partial charge in [-0.1, -0.05) is 6.07 Å². The third kappa shape index (κ3) is 3.72. The van der Waals surface area contributed by atoms with Gasteiger partial charge in [-0.3, -0.25) is 9.88 Å². The minimum atomic E-state index is 0.604. The summed E-state index contributed by atoms with van der Waals surface area (Å²) in [6, 6.07) is 18.2. The average molecular weight is 410 g/mol. The molecule has 5 rings (SSSR count). The van der Waals surface area contributed by atoms with E-state index in [9.17, 15) is 5.26 Å². The van der Waals surface area contributed by atoms with Crippen LogP contribution in [-0.2, 0) is 13.1 Å². The Hall–Kier alpha value is -3.82. The number of nitrogens with zero attached hydrogens (tertiary/aromatic N) is 4. The molecule has 2 aromatic heterocycles. The molecule has 3 heterocycles. The summed E-state index contributed by atoms with van der Waals surface area (Å²) in [6.45, 7) is 3.00. The second kappa shape index (κ2) is 8.13. The fraction of sp³-hybridized carbons (Fsp3) is 0.200. The number of ether oxygens (including phenoxy) is 2. The molecule has 0 spiro atoms. The first-order valence-corrected chi connectivity index (χ1v) is 10.2. The van der Waals surface area contributed by atoms with Crippen LogP contribution < -0.4 is 9.47 Å². The zero-order valence-electron chi connectivity index (χ0n) is 17.3. The highest BCUT2D eigenvalue weighted by molar-refractivity contribution is 5.83. The van der Waals surface area contributed by atoms with Crippen molar-refractivity contribution in [3.8, 4) is 23.3 Å². The number of methoxy groups -OCH3 is 1. The first-order chi connectivity index (χ1) is 15.2. The molecule has 0 radical (unpaired) electrons. The molecule has 0 saturated heterocycles. The highest BCUT2D eigenvalue weighted by atomic mass is 16.5. The van der Waals surface area contributed by atoms with Gasteiger partial charge in [0.1, 0.15) is 6.61 Å². The molecule has 31 heavy (non-hydrogen) atoms. The zero-order valence-corrected chi connectivity index (χ0v) is 17.3. The van der Waals surface area contributed by atoms with E-state index in [-0.39, 0.29) is 0 Å². The molecule has 6 heteroatoms. The Labute approximate surface area is 180 Å². The topological polar surface area (TPSA) is 63.3 Å². The molecule has 4 aromatic rings. The molecule has 0 unspecified atom stereocenters. The molecular formula is C25H22N4O2. The van der Waals surface area contributed by atoms with Crippen molar-refractivity contribution < 1.29 is 9.47 Å². The van der Waals surface area contributed by atoms with Gasteiger partial charge in [-0.2, -0.15) is 5.26 Å². The Morgan fingerprint density at radius 2 is 2.13 bits per heavy atom. The summed E-state index contributed by atoms with van der Waals surface area (Å²) in [4.78, 5) is 6.59. The SMILES string of the molecule is COc1cc(-n2ccc3cc(C#N)ccc32)cc2c1OCCN(Cc1cccnc1)C2. The van der Waals surface area contributed by atoms with Crippen LogP contribution in [0.4, 0.5) is 0 Å². The van der Waals surface area contributed by atoms with Crippen LogP contribution in [0, 0.1) is 11.3 Å². The van der Waals surface area contributed by atoms with Crippen LogP contribution in [0.5, 0.6) is 11.5 Å². The predicted molar refractivity (Wildman–Crippen MR) is 118 cm³/mol. The number of pyridine rings is 1. The highest BCUT2D eigenvalue weighted by Crippen LogP contribution is 2.37. The van der Waals surface area contributed by atoms with Gasteiger partial charge in [-0.25, -0.2) is 0 Å². The molecule has 1 aliphatic heterocycles. The minimum absolute atomic E-state index is 0.604. The van der Waals surface area contributed by atoms with Crippen LogP contribution in [0.1, 0.15) is 16.7 Å². The highest BCUT2D eigenvalue weighted by Gasteiger charge is 2.21. The van der Waals surface area contributed by atoms with E-state index in [4.69, 9.17) is 9.47 Å². The summed E-state index contributed by atoms with van der Waals surface area (Å²) in [5, 5.41) is 10.2. The Morgan fingerprint density at radius 3 is 2.94 bits per heavy atom. The number of fused-ring (bicyclic) bond motifs is 2. The summed E-state index contributed by atoms with van der Waals surface area (Å²) in [7, 11) is 1.67. The molecule has 0 saturated carbocycles. The molecule has 0 atom stereocenters. The van der Waals surface area contributed by atoms with Crippen molar-refractivity contribution in [2.75, 3.05) is 20.3 Å². The number of aromatic nitrogens is 2. The number of nitriles is 1. The second-order valence-electron chi connectivity index (χ2n) is 7.63. The van der Waals surface area contributed by atoms with E-state index in [2.05, 4.69) is 32.7 Å². The lowest BCUT2D eigenvalue weighted by molar-refractivity contribution is 0.216. The first-order valence-electron chi connectivity index (χ1n) is 10.2. The molecule has 0 amide bonds. The Morgan fingerprint density at radius 1 is 1.19 bits per heavy atom. The van der Waals surface area contributed by atoms with Crippen molar-refractivity contribution >= 4 is 10.9 Å². The minimum Gasteiger partial charge on any atom is -0.493 e. The summed E-state index contributed by atoms with van der Waals surface area (Å²) in [5.74, 6) is 1.54. The molecule has 0 aliphatic carbocycles. The summed E-state index contributed by atoms with van der Waals surface area (Å²) in [6.07, 6.45) is 5.73. The molecular weight excluding hydrogens is 388 g/mol. The van der Waals surface area contributed by atoms with E-state index in [1.54, 1.807) is 13.3 Å². The van der Waals surface area contributed by atoms with Crippen molar-refractivity contribution in [1.29, 1.82) is 5.26 Å². The van der Waals surface area contributed by atoms with Crippen molar-refractivity contribution in [2.24, 2.45) is 0 Å². The smallest absolute Gasteiger partial charge is 0.165 e. The molecule has 6 nitrogen and oxygen atoms in total. The van der Waals surface area contributed by atoms with Gasteiger partial charge in [0.15, 0.2) is 11.5 Å². The fourth-order valence-electron chi connectivity index (χ4n) is 4.13. The first kappa shape index (κ1) is 19.2. The zero-order chi connectivity index (χ0) is 21.2. The monoisotopic (exact) mass is 410 g/mol. The van der Waals surface area contributed by atoms with Gasteiger partial charge < -0.3 is 14.0 Å². The van der Waals surface area contributed by atoms with Crippen molar-refractivity contribution in [3.05, 3.63) is 83.8 Å². The number of hydrogen-bond donors (Lipinski definition) is 0. The standard InChI is InChI=1S/C25H22N4O2/c1-30-24-13-22(29-8-6-20-11-18(14-26)4-5-23(20)29)12-21-17-28(9-10-31-25(21)24)16-19-3-2-7-27-15-19/h2-8,11-13,15H,9-10,16-17H2,1H3. The Balaban J connectivity index is 1.54. The van der Waals surface area contributed by atoms with Crippen molar-refractivity contribution in [2.45, 2.75) is 13.1 Å². The van der Waals surface area contributed by atoms with Crippen molar-refractivity contribution in [3.63, 3.8) is 0 Å². The van der Waals surface area contributed by atoms with Crippen LogP contribution in [0.3, 0.4) is 0 Å². The number of rotatable bonds is 4. The number of hydrogen-bond acceptors (Lipinski definition) is 5. The average Bonchev–Trinajstić information content (AvgIpc) is 3.12. The van der Waals surface area contributed by atoms with Crippen molar-refractivity contribution in [1.82, 2.24) is 14.5 Å². The third-order valence-corrected chi connectivity index (χ3v) is 5.61. The molecule has 0 fully saturated rings. The van der Waals surface area contributed by atoms with E-state index in [0.717, 1.165) is 53.3 Å². The molecule has 0 bridgehead atoms. The number of benzene rings is 2. The van der Waals surface area contributed by atoms with E-state index in [1.165, 1.54) is 5.56 Å². The van der Waals surface area contributed by atoms with E-state index < -0.39 is 0 Å². The summed E-state index contributed by atoms with van der Waals surface area (Å²) >= 11 is 0. The van der Waals surface area contributed by atoms with Gasteiger partial charge in [0, 0.05) is 60.9 Å². The largest absolute Gasteiger partial charge is 0.493 e. The van der Waals surface area contributed by atoms with E-state index in [1.807, 2.05) is 48.8 Å². The van der Waals surface area contributed by atoms with Gasteiger partial charge in [-0.15, -0.1) is 0 Å².